The Kier molecular flexibility index (Phi) is 5.44. The highest BCUT2D eigenvalue weighted by molar-refractivity contribution is 6.31. The summed E-state index contributed by atoms with van der Waals surface area (Å²) in [6.07, 6.45) is 0. The van der Waals surface area contributed by atoms with Gasteiger partial charge in [-0.05, 0) is 19.1 Å². The molecule has 3 amide bonds. The average Bonchev–Trinajstić information content (AvgIpc) is 2.38. The maximum absolute atomic E-state index is 11.6. The molecule has 0 aliphatic carbocycles. The number of alkyl halides is 1. The van der Waals surface area contributed by atoms with Crippen molar-refractivity contribution in [3.05, 3.63) is 18.2 Å². The van der Waals surface area contributed by atoms with Gasteiger partial charge in [-0.2, -0.15) is 0 Å². The number of amides is 3. The van der Waals surface area contributed by atoms with E-state index in [1.54, 1.807) is 18.2 Å². The van der Waals surface area contributed by atoms with Gasteiger partial charge in [-0.25, -0.2) is 4.79 Å². The minimum atomic E-state index is -0.794. The Morgan fingerprint density at radius 2 is 1.95 bits per heavy atom. The number of urea groups is 1. The van der Waals surface area contributed by atoms with Crippen molar-refractivity contribution in [2.24, 2.45) is 0 Å². The molecule has 104 valence electrons. The van der Waals surface area contributed by atoms with Gasteiger partial charge in [0.15, 0.2) is 0 Å². The van der Waals surface area contributed by atoms with Crippen LogP contribution in [0.1, 0.15) is 6.92 Å². The molecular formula is C12H15ClN2O4. The molecule has 1 aromatic rings. The molecule has 7 heteroatoms. The molecule has 0 aliphatic heterocycles. The second-order valence-electron chi connectivity index (χ2n) is 3.63. The molecule has 0 radical (unpaired) electrons. The Labute approximate surface area is 116 Å². The van der Waals surface area contributed by atoms with E-state index in [0.717, 1.165) is 0 Å². The fraction of sp³-hybridized carbons (Fsp3) is 0.333. The predicted octanol–water partition coefficient (Wildman–Crippen LogP) is 1.98. The van der Waals surface area contributed by atoms with Gasteiger partial charge in [0.1, 0.15) is 16.9 Å². The lowest BCUT2D eigenvalue weighted by molar-refractivity contribution is -0.119. The first-order valence-corrected chi connectivity index (χ1v) is 5.89. The normalized spacial score (nSPS) is 11.4. The molecule has 19 heavy (non-hydrogen) atoms. The highest BCUT2D eigenvalue weighted by Gasteiger charge is 2.14. The first-order valence-electron chi connectivity index (χ1n) is 5.46. The number of carbonyl (C=O) groups is 2. The van der Waals surface area contributed by atoms with E-state index >= 15 is 0 Å². The second-order valence-corrected chi connectivity index (χ2v) is 4.28. The lowest BCUT2D eigenvalue weighted by Gasteiger charge is -2.12. The standard InChI is InChI=1S/C12H15ClN2O4/c1-7(13)11(16)15-12(17)14-9-6-8(18-2)4-5-10(9)19-3/h4-7H,1-3H3,(H2,14,15,16,17). The van der Waals surface area contributed by atoms with E-state index in [0.29, 0.717) is 17.2 Å². The van der Waals surface area contributed by atoms with E-state index in [2.05, 4.69) is 10.6 Å². The fourth-order valence-corrected chi connectivity index (χ4v) is 1.33. The van der Waals surface area contributed by atoms with E-state index in [4.69, 9.17) is 21.1 Å². The summed E-state index contributed by atoms with van der Waals surface area (Å²) in [6.45, 7) is 1.47. The summed E-state index contributed by atoms with van der Waals surface area (Å²) in [5.41, 5.74) is 0.384. The van der Waals surface area contributed by atoms with E-state index in [1.165, 1.54) is 21.1 Å². The second kappa shape index (κ2) is 6.84. The van der Waals surface area contributed by atoms with E-state index in [9.17, 15) is 9.59 Å². The molecule has 0 aliphatic rings. The Morgan fingerprint density at radius 1 is 1.26 bits per heavy atom. The number of carbonyl (C=O) groups excluding carboxylic acids is 2. The molecule has 1 unspecified atom stereocenters. The van der Waals surface area contributed by atoms with Crippen LogP contribution in [0.25, 0.3) is 0 Å². The summed E-state index contributed by atoms with van der Waals surface area (Å²) < 4.78 is 10.1. The maximum Gasteiger partial charge on any atom is 0.326 e. The Hall–Kier alpha value is -1.95. The summed E-state index contributed by atoms with van der Waals surface area (Å²) in [7, 11) is 2.97. The molecule has 6 nitrogen and oxygen atoms in total. The molecule has 1 rings (SSSR count). The molecule has 1 atom stereocenters. The van der Waals surface area contributed by atoms with Crippen LogP contribution in [-0.4, -0.2) is 31.5 Å². The summed E-state index contributed by atoms with van der Waals surface area (Å²) >= 11 is 5.54. The lowest BCUT2D eigenvalue weighted by Crippen LogP contribution is -2.38. The number of methoxy groups -OCH3 is 2. The third-order valence-corrected chi connectivity index (χ3v) is 2.45. The summed E-state index contributed by atoms with van der Waals surface area (Å²) in [6, 6.07) is 4.21. The summed E-state index contributed by atoms with van der Waals surface area (Å²) in [5, 5.41) is 3.79. The van der Waals surface area contributed by atoms with Crippen LogP contribution in [0.5, 0.6) is 11.5 Å². The van der Waals surface area contributed by atoms with Crippen molar-refractivity contribution < 1.29 is 19.1 Å². The van der Waals surface area contributed by atoms with Crippen LogP contribution in [0.3, 0.4) is 0 Å². The van der Waals surface area contributed by atoms with Crippen molar-refractivity contribution in [2.45, 2.75) is 12.3 Å². The lowest BCUT2D eigenvalue weighted by atomic mass is 10.2. The Balaban J connectivity index is 2.80. The molecule has 0 fully saturated rings. The first kappa shape index (κ1) is 15.1. The third kappa shape index (κ3) is 4.33. The van der Waals surface area contributed by atoms with Crippen molar-refractivity contribution in [3.63, 3.8) is 0 Å². The van der Waals surface area contributed by atoms with E-state index in [1.807, 2.05) is 0 Å². The molecule has 0 saturated carbocycles. The minimum absolute atomic E-state index is 0.384. The monoisotopic (exact) mass is 286 g/mol. The van der Waals surface area contributed by atoms with Gasteiger partial charge in [-0.15, -0.1) is 11.6 Å². The number of ether oxygens (including phenoxy) is 2. The van der Waals surface area contributed by atoms with Gasteiger partial charge in [0.05, 0.1) is 19.9 Å². The number of hydrogen-bond donors (Lipinski definition) is 2. The van der Waals surface area contributed by atoms with Crippen molar-refractivity contribution >= 4 is 29.2 Å². The highest BCUT2D eigenvalue weighted by Crippen LogP contribution is 2.28. The van der Waals surface area contributed by atoms with Crippen LogP contribution in [-0.2, 0) is 4.79 Å². The first-order chi connectivity index (χ1) is 8.97. The summed E-state index contributed by atoms with van der Waals surface area (Å²) in [4.78, 5) is 22.9. The molecule has 1 aromatic carbocycles. The number of benzene rings is 1. The van der Waals surface area contributed by atoms with Crippen molar-refractivity contribution in [1.82, 2.24) is 5.32 Å². The quantitative estimate of drug-likeness (QED) is 0.830. The number of rotatable bonds is 4. The van der Waals surface area contributed by atoms with Crippen LogP contribution in [0.2, 0.25) is 0 Å². The topological polar surface area (TPSA) is 76.7 Å². The van der Waals surface area contributed by atoms with E-state index < -0.39 is 17.3 Å². The smallest absolute Gasteiger partial charge is 0.326 e. The number of halogens is 1. The molecule has 2 N–H and O–H groups in total. The van der Waals surface area contributed by atoms with Gasteiger partial charge in [0.2, 0.25) is 5.91 Å². The van der Waals surface area contributed by atoms with Crippen LogP contribution in [0.15, 0.2) is 18.2 Å². The zero-order chi connectivity index (χ0) is 14.4. The van der Waals surface area contributed by atoms with Crippen molar-refractivity contribution in [2.75, 3.05) is 19.5 Å². The Bertz CT molecular complexity index is 477. The molecule has 0 heterocycles. The van der Waals surface area contributed by atoms with Crippen LogP contribution in [0.4, 0.5) is 10.5 Å². The third-order valence-electron chi connectivity index (χ3n) is 2.25. The van der Waals surface area contributed by atoms with Crippen LogP contribution in [0, 0.1) is 0 Å². The van der Waals surface area contributed by atoms with Gasteiger partial charge in [-0.1, -0.05) is 0 Å². The largest absolute Gasteiger partial charge is 0.497 e. The maximum atomic E-state index is 11.6. The predicted molar refractivity (Wildman–Crippen MR) is 72.0 cm³/mol. The van der Waals surface area contributed by atoms with Crippen molar-refractivity contribution in [3.8, 4) is 11.5 Å². The van der Waals surface area contributed by atoms with Crippen molar-refractivity contribution in [1.29, 1.82) is 0 Å². The number of hydrogen-bond acceptors (Lipinski definition) is 4. The van der Waals surface area contributed by atoms with Gasteiger partial charge in [-0.3, -0.25) is 10.1 Å². The molecule has 0 bridgehead atoms. The average molecular weight is 287 g/mol. The SMILES string of the molecule is COc1ccc(OC)c(NC(=O)NC(=O)C(C)Cl)c1. The number of anilines is 1. The highest BCUT2D eigenvalue weighted by atomic mass is 35.5. The zero-order valence-corrected chi connectivity index (χ0v) is 11.6. The van der Waals surface area contributed by atoms with E-state index in [-0.39, 0.29) is 0 Å². The van der Waals surface area contributed by atoms with Gasteiger partial charge in [0, 0.05) is 6.07 Å². The zero-order valence-electron chi connectivity index (χ0n) is 10.8. The van der Waals surface area contributed by atoms with Gasteiger partial charge in [0.25, 0.3) is 0 Å². The number of imide groups is 1. The minimum Gasteiger partial charge on any atom is -0.497 e. The molecule has 0 aromatic heterocycles. The molecule has 0 saturated heterocycles. The number of nitrogens with one attached hydrogen (secondary N) is 2. The van der Waals surface area contributed by atoms with Gasteiger partial charge < -0.3 is 14.8 Å². The van der Waals surface area contributed by atoms with Gasteiger partial charge >= 0.3 is 6.03 Å². The van der Waals surface area contributed by atoms with Crippen LogP contribution < -0.4 is 20.1 Å². The Morgan fingerprint density at radius 3 is 2.47 bits per heavy atom. The summed E-state index contributed by atoms with van der Waals surface area (Å²) in [5.74, 6) is 0.413. The fourth-order valence-electron chi connectivity index (χ4n) is 1.28. The van der Waals surface area contributed by atoms with Crippen LogP contribution >= 0.6 is 11.6 Å². The molecular weight excluding hydrogens is 272 g/mol. The molecule has 0 spiro atoms.